The summed E-state index contributed by atoms with van der Waals surface area (Å²) < 4.78 is 5.47. The third-order valence-corrected chi connectivity index (χ3v) is 5.49. The molecule has 3 heterocycles. The minimum Gasteiger partial charge on any atom is -0.342 e. The van der Waals surface area contributed by atoms with Crippen LogP contribution in [0.2, 0.25) is 0 Å². The van der Waals surface area contributed by atoms with Gasteiger partial charge in [-0.15, -0.1) is 0 Å². The molecule has 6 nitrogen and oxygen atoms in total. The first-order valence-corrected chi connectivity index (χ1v) is 9.60. The quantitative estimate of drug-likeness (QED) is 0.845. The lowest BCUT2D eigenvalue weighted by molar-refractivity contribution is -0.136. The lowest BCUT2D eigenvalue weighted by Crippen LogP contribution is -2.43. The average molecular weight is 354 g/mol. The Kier molecular flexibility index (Phi) is 5.02. The van der Waals surface area contributed by atoms with Gasteiger partial charge < -0.3 is 9.42 Å². The van der Waals surface area contributed by atoms with Crippen molar-refractivity contribution in [1.29, 1.82) is 0 Å². The summed E-state index contributed by atoms with van der Waals surface area (Å²) in [7, 11) is 0. The number of likely N-dealkylation sites (tertiary alicyclic amines) is 2. The standard InChI is InChI=1S/C20H26N4O2/c1-15-7-2-3-9-17(15)19-21-18(26-22-19)14-23-10-6-8-16(13-23)20(25)24-11-4-5-12-24/h2-3,7,9,16H,4-6,8,10-14H2,1H3. The molecule has 1 aromatic heterocycles. The lowest BCUT2D eigenvalue weighted by atomic mass is 9.96. The molecule has 26 heavy (non-hydrogen) atoms. The Morgan fingerprint density at radius 3 is 2.81 bits per heavy atom. The van der Waals surface area contributed by atoms with Gasteiger partial charge in [-0.3, -0.25) is 9.69 Å². The minimum atomic E-state index is 0.112. The number of rotatable bonds is 4. The van der Waals surface area contributed by atoms with Gasteiger partial charge in [-0.05, 0) is 44.7 Å². The number of aromatic nitrogens is 2. The summed E-state index contributed by atoms with van der Waals surface area (Å²) in [5, 5.41) is 4.14. The molecule has 138 valence electrons. The second kappa shape index (κ2) is 7.58. The molecule has 2 aromatic rings. The van der Waals surface area contributed by atoms with E-state index in [9.17, 15) is 4.79 Å². The minimum absolute atomic E-state index is 0.112. The lowest BCUT2D eigenvalue weighted by Gasteiger charge is -2.33. The molecule has 0 N–H and O–H groups in total. The van der Waals surface area contributed by atoms with E-state index in [1.165, 1.54) is 0 Å². The van der Waals surface area contributed by atoms with Crippen LogP contribution in [0.3, 0.4) is 0 Å². The SMILES string of the molecule is Cc1ccccc1-c1noc(CN2CCCC(C(=O)N3CCCC3)C2)n1. The molecule has 0 radical (unpaired) electrons. The molecule has 1 unspecified atom stereocenters. The van der Waals surface area contributed by atoms with Crippen LogP contribution in [0.1, 0.15) is 37.1 Å². The van der Waals surface area contributed by atoms with Gasteiger partial charge in [0, 0.05) is 25.2 Å². The van der Waals surface area contributed by atoms with E-state index in [-0.39, 0.29) is 5.92 Å². The molecule has 0 saturated carbocycles. The molecule has 1 atom stereocenters. The molecular weight excluding hydrogens is 328 g/mol. The molecule has 2 aliphatic rings. The van der Waals surface area contributed by atoms with Gasteiger partial charge in [0.05, 0.1) is 12.5 Å². The molecule has 0 spiro atoms. The summed E-state index contributed by atoms with van der Waals surface area (Å²) in [6.45, 7) is 6.29. The van der Waals surface area contributed by atoms with Crippen molar-refractivity contribution in [2.75, 3.05) is 26.2 Å². The van der Waals surface area contributed by atoms with E-state index in [0.717, 1.165) is 63.0 Å². The summed E-state index contributed by atoms with van der Waals surface area (Å²) in [4.78, 5) is 21.6. The first-order chi connectivity index (χ1) is 12.7. The first-order valence-electron chi connectivity index (χ1n) is 9.60. The van der Waals surface area contributed by atoms with E-state index in [4.69, 9.17) is 4.52 Å². The van der Waals surface area contributed by atoms with E-state index in [2.05, 4.69) is 15.0 Å². The van der Waals surface area contributed by atoms with Gasteiger partial charge in [-0.2, -0.15) is 4.98 Å². The number of nitrogens with zero attached hydrogens (tertiary/aromatic N) is 4. The van der Waals surface area contributed by atoms with Crippen molar-refractivity contribution in [1.82, 2.24) is 19.9 Å². The van der Waals surface area contributed by atoms with Gasteiger partial charge in [0.15, 0.2) is 0 Å². The highest BCUT2D eigenvalue weighted by Crippen LogP contribution is 2.24. The predicted molar refractivity (Wildman–Crippen MR) is 98.3 cm³/mol. The van der Waals surface area contributed by atoms with Crippen LogP contribution in [0, 0.1) is 12.8 Å². The number of amides is 1. The van der Waals surface area contributed by atoms with Crippen LogP contribution in [-0.4, -0.2) is 52.0 Å². The molecule has 0 aliphatic carbocycles. The summed E-state index contributed by atoms with van der Waals surface area (Å²) in [5.41, 5.74) is 2.14. The summed E-state index contributed by atoms with van der Waals surface area (Å²) in [6.07, 6.45) is 4.32. The molecule has 1 aromatic carbocycles. The van der Waals surface area contributed by atoms with Crippen LogP contribution in [0.5, 0.6) is 0 Å². The van der Waals surface area contributed by atoms with Crippen molar-refractivity contribution >= 4 is 5.91 Å². The van der Waals surface area contributed by atoms with Gasteiger partial charge in [-0.25, -0.2) is 0 Å². The maximum Gasteiger partial charge on any atom is 0.241 e. The fourth-order valence-electron chi connectivity index (χ4n) is 4.04. The highest BCUT2D eigenvalue weighted by molar-refractivity contribution is 5.79. The largest absolute Gasteiger partial charge is 0.342 e. The fourth-order valence-corrected chi connectivity index (χ4v) is 4.04. The number of carbonyl (C=O) groups excluding carboxylic acids is 1. The van der Waals surface area contributed by atoms with Crippen molar-refractivity contribution in [3.8, 4) is 11.4 Å². The number of aryl methyl sites for hydroxylation is 1. The zero-order valence-corrected chi connectivity index (χ0v) is 15.4. The zero-order chi connectivity index (χ0) is 17.9. The van der Waals surface area contributed by atoms with Gasteiger partial charge in [0.1, 0.15) is 0 Å². The fraction of sp³-hybridized carbons (Fsp3) is 0.550. The number of carbonyl (C=O) groups is 1. The Labute approximate surface area is 154 Å². The predicted octanol–water partition coefficient (Wildman–Crippen LogP) is 2.88. The van der Waals surface area contributed by atoms with E-state index in [1.54, 1.807) is 0 Å². The van der Waals surface area contributed by atoms with Gasteiger partial charge in [0.2, 0.25) is 17.6 Å². The van der Waals surface area contributed by atoms with Crippen molar-refractivity contribution < 1.29 is 9.32 Å². The second-order valence-electron chi connectivity index (χ2n) is 7.43. The maximum absolute atomic E-state index is 12.7. The highest BCUT2D eigenvalue weighted by atomic mass is 16.5. The number of hydrogen-bond acceptors (Lipinski definition) is 5. The summed E-state index contributed by atoms with van der Waals surface area (Å²) >= 11 is 0. The van der Waals surface area contributed by atoms with Crippen molar-refractivity contribution in [2.45, 2.75) is 39.2 Å². The molecule has 6 heteroatoms. The topological polar surface area (TPSA) is 62.5 Å². The van der Waals surface area contributed by atoms with E-state index in [1.807, 2.05) is 36.1 Å². The Morgan fingerprint density at radius 1 is 1.19 bits per heavy atom. The number of piperidine rings is 1. The van der Waals surface area contributed by atoms with Gasteiger partial charge >= 0.3 is 0 Å². The van der Waals surface area contributed by atoms with Gasteiger partial charge in [0.25, 0.3) is 0 Å². The van der Waals surface area contributed by atoms with Crippen molar-refractivity contribution in [3.05, 3.63) is 35.7 Å². The first kappa shape index (κ1) is 17.2. The Morgan fingerprint density at radius 2 is 2.00 bits per heavy atom. The molecule has 4 rings (SSSR count). The molecular formula is C20H26N4O2. The van der Waals surface area contributed by atoms with Crippen molar-refractivity contribution in [2.24, 2.45) is 5.92 Å². The molecule has 2 aliphatic heterocycles. The van der Waals surface area contributed by atoms with Crippen LogP contribution in [0.25, 0.3) is 11.4 Å². The third kappa shape index (κ3) is 3.65. The monoisotopic (exact) mass is 354 g/mol. The molecule has 2 saturated heterocycles. The number of benzene rings is 1. The van der Waals surface area contributed by atoms with Crippen molar-refractivity contribution in [3.63, 3.8) is 0 Å². The smallest absolute Gasteiger partial charge is 0.241 e. The van der Waals surface area contributed by atoms with Crippen LogP contribution < -0.4 is 0 Å². The van der Waals surface area contributed by atoms with E-state index < -0.39 is 0 Å². The third-order valence-electron chi connectivity index (χ3n) is 5.49. The van der Waals surface area contributed by atoms with Gasteiger partial charge in [-0.1, -0.05) is 29.4 Å². The second-order valence-corrected chi connectivity index (χ2v) is 7.43. The molecule has 1 amide bonds. The van der Waals surface area contributed by atoms with E-state index in [0.29, 0.717) is 24.2 Å². The highest BCUT2D eigenvalue weighted by Gasteiger charge is 2.31. The Bertz CT molecular complexity index is 767. The van der Waals surface area contributed by atoms with Crippen LogP contribution in [-0.2, 0) is 11.3 Å². The molecule has 0 bridgehead atoms. The van der Waals surface area contributed by atoms with Crippen LogP contribution in [0.4, 0.5) is 0 Å². The normalized spacial score (nSPS) is 21.3. The Hall–Kier alpha value is -2.21. The maximum atomic E-state index is 12.7. The van der Waals surface area contributed by atoms with Crippen LogP contribution >= 0.6 is 0 Å². The van der Waals surface area contributed by atoms with Crippen LogP contribution in [0.15, 0.2) is 28.8 Å². The molecule has 2 fully saturated rings. The summed E-state index contributed by atoms with van der Waals surface area (Å²) in [5.74, 6) is 1.70. The Balaban J connectivity index is 1.39. The summed E-state index contributed by atoms with van der Waals surface area (Å²) in [6, 6.07) is 8.04. The average Bonchev–Trinajstić information content (AvgIpc) is 3.34. The number of hydrogen-bond donors (Lipinski definition) is 0. The van der Waals surface area contributed by atoms with E-state index >= 15 is 0 Å². The zero-order valence-electron chi connectivity index (χ0n) is 15.4.